The molecular formula is C11H19F3O3S. The van der Waals surface area contributed by atoms with Crippen LogP contribution < -0.4 is 0 Å². The Hall–Kier alpha value is -0.300. The van der Waals surface area contributed by atoms with Crippen molar-refractivity contribution in [3.8, 4) is 0 Å². The minimum Gasteiger partial charge on any atom is -0.266 e. The summed E-state index contributed by atoms with van der Waals surface area (Å²) in [6, 6.07) is 0. The van der Waals surface area contributed by atoms with E-state index in [0.29, 0.717) is 0 Å². The van der Waals surface area contributed by atoms with Gasteiger partial charge in [0, 0.05) is 0 Å². The van der Waals surface area contributed by atoms with Crippen LogP contribution in [0.4, 0.5) is 13.2 Å². The van der Waals surface area contributed by atoms with Crippen molar-refractivity contribution in [1.82, 2.24) is 0 Å². The topological polar surface area (TPSA) is 43.4 Å². The Balaban J connectivity index is 3.22. The summed E-state index contributed by atoms with van der Waals surface area (Å²) in [5.74, 6) is -2.61. The van der Waals surface area contributed by atoms with E-state index in [1.165, 1.54) is 6.92 Å². The molecule has 0 N–H and O–H groups in total. The second-order valence-electron chi connectivity index (χ2n) is 4.62. The Morgan fingerprint density at radius 2 is 1.61 bits per heavy atom. The highest BCUT2D eigenvalue weighted by molar-refractivity contribution is 7.87. The molecule has 1 aliphatic heterocycles. The summed E-state index contributed by atoms with van der Waals surface area (Å²) in [6.07, 6.45) is -5.35. The van der Waals surface area contributed by atoms with Gasteiger partial charge >= 0.3 is 6.18 Å². The van der Waals surface area contributed by atoms with Crippen molar-refractivity contribution < 1.29 is 25.8 Å². The van der Waals surface area contributed by atoms with E-state index in [1.807, 2.05) is 0 Å². The number of halogens is 3. The molecule has 1 heterocycles. The van der Waals surface area contributed by atoms with Gasteiger partial charge in [-0.2, -0.15) is 21.6 Å². The van der Waals surface area contributed by atoms with Crippen LogP contribution in [-0.4, -0.2) is 25.9 Å². The van der Waals surface area contributed by atoms with E-state index in [-0.39, 0.29) is 19.3 Å². The van der Waals surface area contributed by atoms with E-state index < -0.39 is 39.5 Å². The summed E-state index contributed by atoms with van der Waals surface area (Å²) in [5, 5.41) is -1.06. The lowest BCUT2D eigenvalue weighted by Gasteiger charge is -2.42. The van der Waals surface area contributed by atoms with E-state index in [1.54, 1.807) is 13.8 Å². The lowest BCUT2D eigenvalue weighted by atomic mass is 9.80. The SMILES string of the molecule is CCC1OS(=O)(=O)C(CC)C(CC)C1C(F)(F)F. The largest absolute Gasteiger partial charge is 0.394 e. The van der Waals surface area contributed by atoms with Crippen LogP contribution in [0.5, 0.6) is 0 Å². The standard InChI is InChI=1S/C11H19F3O3S/c1-4-7-9(6-3)18(15,16)17-8(5-2)10(7)11(12,13)14/h7-10H,4-6H2,1-3H3. The molecule has 0 amide bonds. The highest BCUT2D eigenvalue weighted by Gasteiger charge is 2.57. The van der Waals surface area contributed by atoms with Gasteiger partial charge in [0.1, 0.15) is 0 Å². The maximum Gasteiger partial charge on any atom is 0.394 e. The molecule has 3 nitrogen and oxygen atoms in total. The molecule has 0 saturated carbocycles. The molecule has 18 heavy (non-hydrogen) atoms. The molecule has 0 aromatic rings. The van der Waals surface area contributed by atoms with Crippen molar-refractivity contribution in [3.05, 3.63) is 0 Å². The lowest BCUT2D eigenvalue weighted by molar-refractivity contribution is -0.217. The van der Waals surface area contributed by atoms with E-state index in [4.69, 9.17) is 4.18 Å². The summed E-state index contributed by atoms with van der Waals surface area (Å²) >= 11 is 0. The van der Waals surface area contributed by atoms with Crippen LogP contribution >= 0.6 is 0 Å². The second-order valence-corrected chi connectivity index (χ2v) is 6.41. The molecule has 0 aliphatic carbocycles. The Labute approximate surface area is 106 Å². The zero-order valence-corrected chi connectivity index (χ0v) is 11.5. The molecule has 7 heteroatoms. The zero-order chi connectivity index (χ0) is 14.1. The van der Waals surface area contributed by atoms with Crippen molar-refractivity contribution in [2.75, 3.05) is 0 Å². The average molecular weight is 288 g/mol. The Kier molecular flexibility index (Phi) is 4.70. The normalized spacial score (nSPS) is 36.6. The molecule has 0 radical (unpaired) electrons. The fourth-order valence-corrected chi connectivity index (χ4v) is 4.76. The molecular weight excluding hydrogens is 269 g/mol. The highest BCUT2D eigenvalue weighted by Crippen LogP contribution is 2.46. The van der Waals surface area contributed by atoms with E-state index in [9.17, 15) is 21.6 Å². The zero-order valence-electron chi connectivity index (χ0n) is 10.7. The maximum atomic E-state index is 13.1. The summed E-state index contributed by atoms with van der Waals surface area (Å²) in [7, 11) is -3.89. The minimum atomic E-state index is -4.43. The average Bonchev–Trinajstić information content (AvgIpc) is 2.24. The first-order valence-electron chi connectivity index (χ1n) is 6.17. The van der Waals surface area contributed by atoms with Crippen molar-refractivity contribution in [1.29, 1.82) is 0 Å². The highest BCUT2D eigenvalue weighted by atomic mass is 32.2. The van der Waals surface area contributed by atoms with Crippen LogP contribution in [0.1, 0.15) is 40.0 Å². The molecule has 4 unspecified atom stereocenters. The van der Waals surface area contributed by atoms with Crippen LogP contribution in [0.25, 0.3) is 0 Å². The molecule has 0 bridgehead atoms. The van der Waals surface area contributed by atoms with Crippen LogP contribution in [-0.2, 0) is 14.3 Å². The van der Waals surface area contributed by atoms with Gasteiger partial charge in [0.2, 0.25) is 0 Å². The smallest absolute Gasteiger partial charge is 0.266 e. The molecule has 4 atom stereocenters. The second kappa shape index (κ2) is 5.36. The Bertz CT molecular complexity index is 377. The first kappa shape index (κ1) is 15.8. The number of hydrogen-bond acceptors (Lipinski definition) is 3. The third kappa shape index (κ3) is 2.82. The third-order valence-electron chi connectivity index (χ3n) is 3.62. The Morgan fingerprint density at radius 3 is 1.94 bits per heavy atom. The van der Waals surface area contributed by atoms with E-state index >= 15 is 0 Å². The van der Waals surface area contributed by atoms with Gasteiger partial charge in [-0.05, 0) is 18.8 Å². The van der Waals surface area contributed by atoms with Crippen molar-refractivity contribution in [2.24, 2.45) is 11.8 Å². The number of hydrogen-bond donors (Lipinski definition) is 0. The fraction of sp³-hybridized carbons (Fsp3) is 1.00. The summed E-state index contributed by atoms with van der Waals surface area (Å²) < 4.78 is 67.7. The summed E-state index contributed by atoms with van der Waals surface area (Å²) in [5.41, 5.74) is 0. The predicted molar refractivity (Wildman–Crippen MR) is 61.5 cm³/mol. The van der Waals surface area contributed by atoms with Crippen molar-refractivity contribution in [2.45, 2.75) is 57.6 Å². The first-order valence-corrected chi connectivity index (χ1v) is 7.64. The quantitative estimate of drug-likeness (QED) is 0.749. The van der Waals surface area contributed by atoms with Gasteiger partial charge in [-0.25, -0.2) is 0 Å². The van der Waals surface area contributed by atoms with E-state index in [0.717, 1.165) is 0 Å². The van der Waals surface area contributed by atoms with Crippen LogP contribution in [0.2, 0.25) is 0 Å². The molecule has 0 spiro atoms. The van der Waals surface area contributed by atoms with Gasteiger partial charge < -0.3 is 0 Å². The van der Waals surface area contributed by atoms with Gasteiger partial charge in [-0.15, -0.1) is 0 Å². The van der Waals surface area contributed by atoms with Gasteiger partial charge in [-0.3, -0.25) is 4.18 Å². The summed E-state index contributed by atoms with van der Waals surface area (Å²) in [6.45, 7) is 4.69. The number of rotatable bonds is 3. The molecule has 0 aromatic heterocycles. The number of alkyl halides is 3. The van der Waals surface area contributed by atoms with Gasteiger partial charge in [0.25, 0.3) is 10.1 Å². The minimum absolute atomic E-state index is 0.0380. The molecule has 1 rings (SSSR count). The third-order valence-corrected chi connectivity index (χ3v) is 5.56. The van der Waals surface area contributed by atoms with Gasteiger partial charge in [0.15, 0.2) is 0 Å². The van der Waals surface area contributed by atoms with Crippen LogP contribution in [0.15, 0.2) is 0 Å². The van der Waals surface area contributed by atoms with Crippen LogP contribution in [0.3, 0.4) is 0 Å². The van der Waals surface area contributed by atoms with Crippen molar-refractivity contribution in [3.63, 3.8) is 0 Å². The summed E-state index contributed by atoms with van der Waals surface area (Å²) in [4.78, 5) is 0. The predicted octanol–water partition coefficient (Wildman–Crippen LogP) is 3.11. The fourth-order valence-electron chi connectivity index (χ4n) is 2.82. The molecule has 0 aromatic carbocycles. The molecule has 1 aliphatic rings. The monoisotopic (exact) mass is 288 g/mol. The van der Waals surface area contributed by atoms with Gasteiger partial charge in [-0.1, -0.05) is 27.2 Å². The first-order chi connectivity index (χ1) is 8.19. The molecule has 1 saturated heterocycles. The van der Waals surface area contributed by atoms with E-state index in [2.05, 4.69) is 0 Å². The van der Waals surface area contributed by atoms with Crippen molar-refractivity contribution >= 4 is 10.1 Å². The molecule has 108 valence electrons. The molecule has 1 fully saturated rings. The van der Waals surface area contributed by atoms with Crippen LogP contribution in [0, 0.1) is 11.8 Å². The van der Waals surface area contributed by atoms with Gasteiger partial charge in [0.05, 0.1) is 17.3 Å². The maximum absolute atomic E-state index is 13.1. The Morgan fingerprint density at radius 1 is 1.06 bits per heavy atom. The lowest BCUT2D eigenvalue weighted by Crippen LogP contribution is -2.53.